The summed E-state index contributed by atoms with van der Waals surface area (Å²) in [5.74, 6) is 0.0184. The molecule has 0 aromatic heterocycles. The Kier molecular flexibility index (Phi) is 1.79. The van der Waals surface area contributed by atoms with E-state index in [0.717, 1.165) is 12.8 Å². The van der Waals surface area contributed by atoms with E-state index < -0.39 is 0 Å². The Labute approximate surface area is 75.6 Å². The molecule has 2 nitrogen and oxygen atoms in total. The normalized spacial score (nSPS) is 15.8. The van der Waals surface area contributed by atoms with Gasteiger partial charge in [-0.05, 0) is 36.5 Å². The smallest absolute Gasteiger partial charge is 0.152 e. The van der Waals surface area contributed by atoms with Crippen molar-refractivity contribution in [2.24, 2.45) is 0 Å². The summed E-state index contributed by atoms with van der Waals surface area (Å²) in [7, 11) is 0. The minimum Gasteiger partial charge on any atom is -0.398 e. The molecule has 0 bridgehead atoms. The van der Waals surface area contributed by atoms with Crippen LogP contribution in [0.1, 0.15) is 34.7 Å². The predicted octanol–water partition coefficient (Wildman–Crippen LogP) is 2.10. The van der Waals surface area contributed by atoms with Crippen molar-refractivity contribution in [2.45, 2.75) is 18.8 Å². The maximum atomic E-state index is 13.3. The minimum absolute atomic E-state index is 0.219. The van der Waals surface area contributed by atoms with E-state index in [9.17, 15) is 9.18 Å². The molecule has 3 heteroatoms. The molecule has 0 radical (unpaired) electrons. The van der Waals surface area contributed by atoms with Crippen LogP contribution in [-0.4, -0.2) is 6.29 Å². The van der Waals surface area contributed by atoms with Gasteiger partial charge in [-0.25, -0.2) is 4.39 Å². The van der Waals surface area contributed by atoms with Crippen molar-refractivity contribution < 1.29 is 9.18 Å². The Morgan fingerprint density at radius 3 is 2.69 bits per heavy atom. The summed E-state index contributed by atoms with van der Waals surface area (Å²) < 4.78 is 13.3. The third kappa shape index (κ3) is 1.41. The van der Waals surface area contributed by atoms with Gasteiger partial charge in [-0.1, -0.05) is 0 Å². The van der Waals surface area contributed by atoms with Gasteiger partial charge in [0.25, 0.3) is 0 Å². The van der Waals surface area contributed by atoms with E-state index in [0.29, 0.717) is 23.3 Å². The molecule has 2 N–H and O–H groups in total. The monoisotopic (exact) mass is 179 g/mol. The SMILES string of the molecule is Nc1cc(F)c(C2CC2)cc1C=O. The number of nitrogens with two attached hydrogens (primary N) is 1. The van der Waals surface area contributed by atoms with Crippen LogP contribution in [0, 0.1) is 5.82 Å². The first-order valence-electron chi connectivity index (χ1n) is 4.26. The molecular formula is C10H10FNO. The quantitative estimate of drug-likeness (QED) is 0.558. The van der Waals surface area contributed by atoms with E-state index in [4.69, 9.17) is 5.73 Å². The molecule has 2 rings (SSSR count). The largest absolute Gasteiger partial charge is 0.398 e. The fourth-order valence-electron chi connectivity index (χ4n) is 1.43. The molecule has 1 fully saturated rings. The summed E-state index contributed by atoms with van der Waals surface area (Å²) >= 11 is 0. The number of carbonyl (C=O) groups is 1. The van der Waals surface area contributed by atoms with Gasteiger partial charge >= 0.3 is 0 Å². The molecule has 1 aliphatic rings. The molecule has 0 aliphatic heterocycles. The number of carbonyl (C=O) groups excluding carboxylic acids is 1. The fraction of sp³-hybridized carbons (Fsp3) is 0.300. The van der Waals surface area contributed by atoms with E-state index in [1.54, 1.807) is 6.07 Å². The lowest BCUT2D eigenvalue weighted by Crippen LogP contribution is -1.97. The van der Waals surface area contributed by atoms with Gasteiger partial charge in [0.15, 0.2) is 6.29 Å². The average molecular weight is 179 g/mol. The van der Waals surface area contributed by atoms with Crippen LogP contribution in [0.4, 0.5) is 10.1 Å². The number of halogens is 1. The van der Waals surface area contributed by atoms with Gasteiger partial charge < -0.3 is 5.73 Å². The number of hydrogen-bond acceptors (Lipinski definition) is 2. The second-order valence-corrected chi connectivity index (χ2v) is 3.39. The summed E-state index contributed by atoms with van der Waals surface area (Å²) in [5, 5.41) is 0. The van der Waals surface area contributed by atoms with E-state index in [-0.39, 0.29) is 11.5 Å². The Bertz CT molecular complexity index is 358. The van der Waals surface area contributed by atoms with Gasteiger partial charge in [0, 0.05) is 11.3 Å². The first-order chi connectivity index (χ1) is 6.22. The van der Waals surface area contributed by atoms with Gasteiger partial charge in [-0.2, -0.15) is 0 Å². The molecule has 0 amide bonds. The molecule has 0 unspecified atom stereocenters. The number of anilines is 1. The summed E-state index contributed by atoms with van der Waals surface area (Å²) in [6.45, 7) is 0. The highest BCUT2D eigenvalue weighted by Crippen LogP contribution is 2.42. The first-order valence-corrected chi connectivity index (χ1v) is 4.26. The standard InChI is InChI=1S/C10H10FNO/c11-9-4-10(12)7(5-13)3-8(9)6-1-2-6/h3-6H,1-2,12H2. The van der Waals surface area contributed by atoms with Crippen molar-refractivity contribution in [3.05, 3.63) is 29.1 Å². The lowest BCUT2D eigenvalue weighted by molar-refractivity contribution is 0.112. The zero-order valence-corrected chi connectivity index (χ0v) is 7.09. The maximum absolute atomic E-state index is 13.3. The van der Waals surface area contributed by atoms with Crippen molar-refractivity contribution in [1.82, 2.24) is 0 Å². The molecular weight excluding hydrogens is 169 g/mol. The summed E-state index contributed by atoms with van der Waals surface area (Å²) in [5.41, 5.74) is 6.70. The molecule has 0 saturated heterocycles. The number of aldehydes is 1. The molecule has 1 aromatic rings. The molecule has 1 aliphatic carbocycles. The van der Waals surface area contributed by atoms with Crippen molar-refractivity contribution in [3.8, 4) is 0 Å². The minimum atomic E-state index is -0.286. The lowest BCUT2D eigenvalue weighted by Gasteiger charge is -2.04. The number of nitrogen functional groups attached to an aromatic ring is 1. The van der Waals surface area contributed by atoms with Gasteiger partial charge in [-0.3, -0.25) is 4.79 Å². The van der Waals surface area contributed by atoms with Crippen LogP contribution < -0.4 is 5.73 Å². The van der Waals surface area contributed by atoms with E-state index in [2.05, 4.69) is 0 Å². The van der Waals surface area contributed by atoms with Crippen molar-refractivity contribution >= 4 is 12.0 Å². The van der Waals surface area contributed by atoms with Gasteiger partial charge in [0.1, 0.15) is 5.82 Å². The predicted molar refractivity (Wildman–Crippen MR) is 48.2 cm³/mol. The third-order valence-electron chi connectivity index (χ3n) is 2.35. The van der Waals surface area contributed by atoms with Crippen molar-refractivity contribution in [3.63, 3.8) is 0 Å². The number of rotatable bonds is 2. The highest BCUT2D eigenvalue weighted by atomic mass is 19.1. The van der Waals surface area contributed by atoms with E-state index in [1.165, 1.54) is 6.07 Å². The zero-order chi connectivity index (χ0) is 9.42. The van der Waals surface area contributed by atoms with Crippen LogP contribution in [0.15, 0.2) is 12.1 Å². The van der Waals surface area contributed by atoms with Crippen LogP contribution in [0.2, 0.25) is 0 Å². The van der Waals surface area contributed by atoms with Gasteiger partial charge in [-0.15, -0.1) is 0 Å². The molecule has 0 heterocycles. The Morgan fingerprint density at radius 2 is 2.15 bits per heavy atom. The van der Waals surface area contributed by atoms with Crippen LogP contribution in [0.3, 0.4) is 0 Å². The molecule has 1 aromatic carbocycles. The summed E-state index contributed by atoms with van der Waals surface area (Å²) in [6.07, 6.45) is 2.69. The highest BCUT2D eigenvalue weighted by molar-refractivity contribution is 5.83. The third-order valence-corrected chi connectivity index (χ3v) is 2.35. The highest BCUT2D eigenvalue weighted by Gasteiger charge is 2.27. The van der Waals surface area contributed by atoms with Crippen LogP contribution in [-0.2, 0) is 0 Å². The summed E-state index contributed by atoms with van der Waals surface area (Å²) in [6, 6.07) is 2.80. The summed E-state index contributed by atoms with van der Waals surface area (Å²) in [4.78, 5) is 10.5. The molecule has 0 atom stereocenters. The average Bonchev–Trinajstić information content (AvgIpc) is 2.88. The van der Waals surface area contributed by atoms with E-state index in [1.807, 2.05) is 0 Å². The fourth-order valence-corrected chi connectivity index (χ4v) is 1.43. The van der Waals surface area contributed by atoms with Crippen molar-refractivity contribution in [2.75, 3.05) is 5.73 Å². The van der Waals surface area contributed by atoms with Gasteiger partial charge in [0.2, 0.25) is 0 Å². The van der Waals surface area contributed by atoms with Crippen LogP contribution >= 0.6 is 0 Å². The van der Waals surface area contributed by atoms with Crippen LogP contribution in [0.5, 0.6) is 0 Å². The Hall–Kier alpha value is -1.38. The number of benzene rings is 1. The topological polar surface area (TPSA) is 43.1 Å². The van der Waals surface area contributed by atoms with E-state index >= 15 is 0 Å². The molecule has 0 spiro atoms. The second kappa shape index (κ2) is 2.83. The Balaban J connectivity index is 2.50. The lowest BCUT2D eigenvalue weighted by atomic mass is 10.1. The second-order valence-electron chi connectivity index (χ2n) is 3.39. The zero-order valence-electron chi connectivity index (χ0n) is 7.09. The number of hydrogen-bond donors (Lipinski definition) is 1. The Morgan fingerprint density at radius 1 is 1.46 bits per heavy atom. The van der Waals surface area contributed by atoms with Crippen LogP contribution in [0.25, 0.3) is 0 Å². The molecule has 13 heavy (non-hydrogen) atoms. The first kappa shape index (κ1) is 8.23. The maximum Gasteiger partial charge on any atom is 0.152 e. The van der Waals surface area contributed by atoms with Gasteiger partial charge in [0.05, 0.1) is 0 Å². The molecule has 1 saturated carbocycles. The van der Waals surface area contributed by atoms with Crippen molar-refractivity contribution in [1.29, 1.82) is 0 Å². The molecule has 68 valence electrons.